The van der Waals surface area contributed by atoms with E-state index < -0.39 is 23.5 Å². The summed E-state index contributed by atoms with van der Waals surface area (Å²) in [4.78, 5) is 60.4. The van der Waals surface area contributed by atoms with Crippen LogP contribution in [0.25, 0.3) is 38.3 Å². The third kappa shape index (κ3) is 8.27. The predicted octanol–water partition coefficient (Wildman–Crippen LogP) is 5.70. The fraction of sp³-hybridized carbons (Fsp3) is 0.556. The first-order valence-corrected chi connectivity index (χ1v) is 22.3. The number of hydrogen-bond donors (Lipinski definition) is 2. The van der Waals surface area contributed by atoms with Crippen molar-refractivity contribution in [2.45, 2.75) is 97.0 Å². The monoisotopic (exact) mass is 836 g/mol. The Morgan fingerprint density at radius 2 is 1.95 bits per heavy atom. The summed E-state index contributed by atoms with van der Waals surface area (Å²) in [6.45, 7) is 19.1. The van der Waals surface area contributed by atoms with Gasteiger partial charge in [0.2, 0.25) is 5.91 Å². The molecule has 3 aliphatic heterocycles. The second-order valence-corrected chi connectivity index (χ2v) is 18.6. The van der Waals surface area contributed by atoms with Crippen LogP contribution in [0, 0.1) is 17.9 Å². The Balaban J connectivity index is 1.25. The highest BCUT2D eigenvalue weighted by molar-refractivity contribution is 7.10. The van der Waals surface area contributed by atoms with Crippen LogP contribution in [0.3, 0.4) is 0 Å². The lowest BCUT2D eigenvalue weighted by Gasteiger charge is -2.36. The number of hydrogen-bond acceptors (Lipinski definition) is 11. The van der Waals surface area contributed by atoms with E-state index in [2.05, 4.69) is 82.0 Å². The minimum Gasteiger partial charge on any atom is -0.464 e. The molecule has 1 saturated carbocycles. The zero-order valence-corrected chi connectivity index (χ0v) is 36.5. The number of fused-ring (bicyclic) bond motifs is 6. The van der Waals surface area contributed by atoms with Gasteiger partial charge in [0.05, 0.1) is 46.7 Å². The summed E-state index contributed by atoms with van der Waals surface area (Å²) in [5.41, 5.74) is 10.7. The molecule has 0 unspecified atom stereocenters. The number of hydrazine groups is 1. The Bertz CT molecular complexity index is 2310. The molecule has 318 valence electrons. The summed E-state index contributed by atoms with van der Waals surface area (Å²) in [5, 5.41) is 8.31. The van der Waals surface area contributed by atoms with E-state index in [0.717, 1.165) is 83.0 Å². The number of likely N-dealkylation sites (N-methyl/N-ethyl adjacent to an activating group) is 1. The Kier molecular flexibility index (Phi) is 12.0. The number of esters is 1. The maximum atomic E-state index is 14.2. The van der Waals surface area contributed by atoms with Gasteiger partial charge in [-0.2, -0.15) is 0 Å². The first-order valence-electron chi connectivity index (χ1n) is 21.4. The first-order chi connectivity index (χ1) is 28.9. The van der Waals surface area contributed by atoms with Crippen LogP contribution >= 0.6 is 11.3 Å². The summed E-state index contributed by atoms with van der Waals surface area (Å²) in [7, 11) is 3.88. The fourth-order valence-electron chi connectivity index (χ4n) is 9.08. The smallest absolute Gasteiger partial charge is 0.324 e. The number of thiazole rings is 1. The molecule has 1 aromatic carbocycles. The molecule has 14 nitrogen and oxygen atoms in total. The molecule has 2 amide bonds. The molecule has 4 aliphatic rings. The number of nitrogens with one attached hydrogen (secondary N) is 2. The van der Waals surface area contributed by atoms with Gasteiger partial charge in [-0.05, 0) is 70.3 Å². The molecule has 3 aromatic heterocycles. The molecule has 3 fully saturated rings. The number of rotatable bonds is 7. The van der Waals surface area contributed by atoms with E-state index >= 15 is 0 Å². The van der Waals surface area contributed by atoms with Crippen LogP contribution in [-0.4, -0.2) is 114 Å². The minimum absolute atomic E-state index is 0.166. The van der Waals surface area contributed by atoms with Gasteiger partial charge in [0.1, 0.15) is 18.0 Å². The molecule has 6 heterocycles. The average Bonchev–Trinajstić information content (AvgIpc) is 3.83. The van der Waals surface area contributed by atoms with Crippen molar-refractivity contribution in [2.75, 3.05) is 58.4 Å². The quantitative estimate of drug-likeness (QED) is 0.223. The van der Waals surface area contributed by atoms with Crippen LogP contribution in [0.5, 0.6) is 0 Å². The van der Waals surface area contributed by atoms with E-state index in [4.69, 9.17) is 26.0 Å². The molecule has 5 atom stereocenters. The normalized spacial score (nSPS) is 24.3. The van der Waals surface area contributed by atoms with Gasteiger partial charge in [-0.25, -0.2) is 10.4 Å². The van der Waals surface area contributed by atoms with E-state index in [0.29, 0.717) is 43.8 Å². The van der Waals surface area contributed by atoms with Crippen LogP contribution in [-0.2, 0) is 43.2 Å². The fourth-order valence-corrected chi connectivity index (χ4v) is 9.93. The molecule has 4 aromatic rings. The lowest BCUT2D eigenvalue weighted by molar-refractivity contribution is -0.155. The highest BCUT2D eigenvalue weighted by Crippen LogP contribution is 2.43. The summed E-state index contributed by atoms with van der Waals surface area (Å²) >= 11 is 1.46. The van der Waals surface area contributed by atoms with Gasteiger partial charge in [-0.15, -0.1) is 11.3 Å². The van der Waals surface area contributed by atoms with E-state index in [1.165, 1.54) is 16.3 Å². The van der Waals surface area contributed by atoms with Gasteiger partial charge in [0, 0.05) is 92.0 Å². The molecule has 15 heteroatoms. The number of carbonyl (C=O) groups excluding carboxylic acids is 3. The number of carbonyl (C=O) groups is 3. The maximum Gasteiger partial charge on any atom is 0.324 e. The summed E-state index contributed by atoms with van der Waals surface area (Å²) in [6.07, 6.45) is 5.03. The number of benzene rings is 1. The first kappa shape index (κ1) is 41.8. The number of piperazine rings is 1. The zero-order chi connectivity index (χ0) is 42.3. The Morgan fingerprint density at radius 1 is 1.15 bits per heavy atom. The topological polar surface area (TPSA) is 139 Å². The van der Waals surface area contributed by atoms with Gasteiger partial charge in [-0.3, -0.25) is 24.4 Å². The van der Waals surface area contributed by atoms with Crippen LogP contribution < -0.4 is 15.6 Å². The number of anilines is 1. The number of aryl methyl sites for hydroxylation is 1. The van der Waals surface area contributed by atoms with Crippen molar-refractivity contribution >= 4 is 45.7 Å². The van der Waals surface area contributed by atoms with E-state index in [1.807, 2.05) is 18.5 Å². The summed E-state index contributed by atoms with van der Waals surface area (Å²) < 4.78 is 14.5. The lowest BCUT2D eigenvalue weighted by atomic mass is 9.79. The van der Waals surface area contributed by atoms with Crippen molar-refractivity contribution in [3.63, 3.8) is 0 Å². The number of pyridine rings is 1. The van der Waals surface area contributed by atoms with Gasteiger partial charge in [0.15, 0.2) is 0 Å². The van der Waals surface area contributed by atoms with Gasteiger partial charge < -0.3 is 29.2 Å². The largest absolute Gasteiger partial charge is 0.464 e. The Hall–Kier alpha value is -4.88. The average molecular weight is 837 g/mol. The number of methoxy groups -OCH3 is 1. The Labute approximate surface area is 356 Å². The van der Waals surface area contributed by atoms with Crippen molar-refractivity contribution in [3.05, 3.63) is 57.0 Å². The van der Waals surface area contributed by atoms with Crippen molar-refractivity contribution < 1.29 is 23.9 Å². The lowest BCUT2D eigenvalue weighted by Crippen LogP contribution is -2.61. The third-order valence-electron chi connectivity index (χ3n) is 12.9. The second-order valence-electron chi connectivity index (χ2n) is 17.7. The number of cyclic esters (lactones) is 1. The van der Waals surface area contributed by atoms with Gasteiger partial charge in [0.25, 0.3) is 18.5 Å². The molecule has 0 spiro atoms. The second kappa shape index (κ2) is 17.2. The molecule has 2 N–H and O–H groups in total. The molecule has 8 rings (SSSR count). The van der Waals surface area contributed by atoms with E-state index in [9.17, 15) is 14.4 Å². The molecular weight excluding hydrogens is 779 g/mol. The van der Waals surface area contributed by atoms with Gasteiger partial charge in [-0.1, -0.05) is 24.8 Å². The van der Waals surface area contributed by atoms with Crippen molar-refractivity contribution in [2.24, 2.45) is 11.3 Å². The van der Waals surface area contributed by atoms with Crippen molar-refractivity contribution in [1.29, 1.82) is 0 Å². The van der Waals surface area contributed by atoms with Crippen LogP contribution in [0.4, 0.5) is 5.69 Å². The zero-order valence-electron chi connectivity index (χ0n) is 35.7. The molecule has 2 saturated heterocycles. The van der Waals surface area contributed by atoms with Crippen LogP contribution in [0.15, 0.2) is 35.8 Å². The minimum atomic E-state index is -0.912. The number of amides is 2. The number of aromatic nitrogens is 3. The standard InChI is InChI=1S/C45H57N9O5S/c1-8-53-38-14-11-28-20-31(38)33(41(53)32-21-29(24-47-40(32)27(2)58-7)52-18-16-51(6)17-19-52)23-45(3,4)26-59-44(57)35-10-9-15-54(50-35)43(56)36(22-39-48-37(28)25-60-39)49-42(55)30-12-13-34(30)46-5/h5,11,14,20-21,24-25,27,30,34-36,50H,8-10,12-13,15-19,22-23,26H2,1-4,6-7H3/p+1/t27-,30+,34+,35-,36-/m0/s1. The SMILES string of the molecule is C#[N+][C@@H]1CC[C@H]1C(=O)N[C@H]1Cc2nc(cs2)-c2ccc3c(c2)c(c(-c2cc(N4CCN(C)CC4)cnc2[C@H](C)OC)n3CC)CC(C)(C)COC(=O)[C@@H]2CCCN(N2)C1=O. The number of ether oxygens (including phenoxy) is 2. The van der Waals surface area contributed by atoms with Crippen LogP contribution in [0.1, 0.15) is 75.7 Å². The number of nitrogens with zero attached hydrogens (tertiary/aromatic N) is 7. The Morgan fingerprint density at radius 3 is 2.67 bits per heavy atom. The van der Waals surface area contributed by atoms with Gasteiger partial charge >= 0.3 is 5.97 Å². The highest BCUT2D eigenvalue weighted by Gasteiger charge is 2.46. The van der Waals surface area contributed by atoms with E-state index in [-0.39, 0.29) is 42.9 Å². The van der Waals surface area contributed by atoms with Crippen LogP contribution in [0.2, 0.25) is 0 Å². The molecular formula is C45H58N9O5S+. The molecule has 6 bridgehead atoms. The third-order valence-corrected chi connectivity index (χ3v) is 13.7. The highest BCUT2D eigenvalue weighted by atomic mass is 32.1. The van der Waals surface area contributed by atoms with Crippen molar-refractivity contribution in [3.8, 4) is 29.1 Å². The maximum absolute atomic E-state index is 14.2. The van der Waals surface area contributed by atoms with Crippen molar-refractivity contribution in [1.82, 2.24) is 35.2 Å². The van der Waals surface area contributed by atoms with E-state index in [1.54, 1.807) is 7.11 Å². The predicted molar refractivity (Wildman–Crippen MR) is 234 cm³/mol. The molecule has 0 radical (unpaired) electrons. The summed E-state index contributed by atoms with van der Waals surface area (Å²) in [6, 6.07) is 6.90. The summed E-state index contributed by atoms with van der Waals surface area (Å²) in [5.74, 6) is -1.38. The molecule has 1 aliphatic carbocycles. The molecule has 60 heavy (non-hydrogen) atoms.